The Balaban J connectivity index is 1.23. The monoisotopic (exact) mass is 394 g/mol. The van der Waals surface area contributed by atoms with Crippen LogP contribution in [0.2, 0.25) is 0 Å². The first-order valence-electron chi connectivity index (χ1n) is 8.95. The average molecular weight is 395 g/mol. The van der Waals surface area contributed by atoms with Crippen molar-refractivity contribution in [1.29, 1.82) is 0 Å². The van der Waals surface area contributed by atoms with Gasteiger partial charge < -0.3 is 4.90 Å². The maximum atomic E-state index is 12.8. The van der Waals surface area contributed by atoms with Gasteiger partial charge >= 0.3 is 0 Å². The number of carbonyl (C=O) groups is 1. The average Bonchev–Trinajstić information content (AvgIpc) is 3.33. The molecule has 2 aromatic carbocycles. The molecular formula is C20H18N4OS2. The third-order valence-corrected chi connectivity index (χ3v) is 6.75. The fourth-order valence-electron chi connectivity index (χ4n) is 3.46. The Labute approximate surface area is 164 Å². The van der Waals surface area contributed by atoms with E-state index in [0.29, 0.717) is 0 Å². The first-order chi connectivity index (χ1) is 13.3. The highest BCUT2D eigenvalue weighted by Gasteiger charge is 2.23. The fourth-order valence-corrected chi connectivity index (χ4v) is 5.18. The summed E-state index contributed by atoms with van der Waals surface area (Å²) < 4.78 is 2.30. The van der Waals surface area contributed by atoms with Crippen molar-refractivity contribution in [3.8, 4) is 0 Å². The second kappa shape index (κ2) is 6.99. The Morgan fingerprint density at radius 3 is 2.70 bits per heavy atom. The molecule has 1 aliphatic heterocycles. The maximum absolute atomic E-state index is 12.8. The van der Waals surface area contributed by atoms with Crippen LogP contribution in [0.3, 0.4) is 0 Å². The summed E-state index contributed by atoms with van der Waals surface area (Å²) in [6.45, 7) is 4.12. The first-order valence-corrected chi connectivity index (χ1v) is 10.7. The number of fused-ring (bicyclic) bond motifs is 2. The summed E-state index contributed by atoms with van der Waals surface area (Å²) in [7, 11) is 0. The largest absolute Gasteiger partial charge is 0.336 e. The topological polar surface area (TPSA) is 49.3 Å². The highest BCUT2D eigenvalue weighted by Crippen LogP contribution is 2.24. The van der Waals surface area contributed by atoms with E-state index < -0.39 is 0 Å². The summed E-state index contributed by atoms with van der Waals surface area (Å²) in [6.07, 6.45) is 0. The molecule has 1 saturated heterocycles. The second-order valence-corrected chi connectivity index (χ2v) is 8.68. The molecule has 3 heterocycles. The van der Waals surface area contributed by atoms with Crippen LogP contribution in [0.15, 0.2) is 48.0 Å². The van der Waals surface area contributed by atoms with Gasteiger partial charge in [-0.1, -0.05) is 12.1 Å². The first kappa shape index (κ1) is 16.8. The zero-order valence-corrected chi connectivity index (χ0v) is 16.3. The third kappa shape index (κ3) is 3.34. The second-order valence-electron chi connectivity index (χ2n) is 6.68. The van der Waals surface area contributed by atoms with E-state index in [1.165, 1.54) is 4.70 Å². The fraction of sp³-hybridized carbons (Fsp3) is 0.250. The van der Waals surface area contributed by atoms with E-state index >= 15 is 0 Å². The molecule has 7 heteroatoms. The van der Waals surface area contributed by atoms with E-state index in [1.54, 1.807) is 22.7 Å². The van der Waals surface area contributed by atoms with Crippen LogP contribution in [0.25, 0.3) is 20.4 Å². The molecule has 27 heavy (non-hydrogen) atoms. The molecule has 0 saturated carbocycles. The molecule has 136 valence electrons. The van der Waals surface area contributed by atoms with Crippen LogP contribution < -0.4 is 0 Å². The molecule has 2 aromatic heterocycles. The van der Waals surface area contributed by atoms with Crippen LogP contribution in [0.5, 0.6) is 0 Å². The molecule has 1 amide bonds. The molecule has 0 spiro atoms. The van der Waals surface area contributed by atoms with E-state index in [-0.39, 0.29) is 5.91 Å². The molecule has 0 N–H and O–H groups in total. The van der Waals surface area contributed by atoms with Crippen molar-refractivity contribution in [3.05, 3.63) is 58.5 Å². The van der Waals surface area contributed by atoms with Gasteiger partial charge in [-0.2, -0.15) is 0 Å². The summed E-state index contributed by atoms with van der Waals surface area (Å²) in [5.41, 5.74) is 4.60. The van der Waals surface area contributed by atoms with Gasteiger partial charge in [-0.25, -0.2) is 9.97 Å². The molecular weight excluding hydrogens is 376 g/mol. The van der Waals surface area contributed by atoms with Crippen LogP contribution in [0.1, 0.15) is 15.4 Å². The summed E-state index contributed by atoms with van der Waals surface area (Å²) >= 11 is 3.33. The van der Waals surface area contributed by atoms with E-state index in [9.17, 15) is 4.79 Å². The number of aromatic nitrogens is 2. The summed E-state index contributed by atoms with van der Waals surface area (Å²) in [5.74, 6) is 0.116. The van der Waals surface area contributed by atoms with Crippen molar-refractivity contribution in [3.63, 3.8) is 0 Å². The molecule has 0 atom stereocenters. The van der Waals surface area contributed by atoms with Gasteiger partial charge in [-0.05, 0) is 30.3 Å². The lowest BCUT2D eigenvalue weighted by Gasteiger charge is -2.34. The number of piperazine rings is 1. The number of rotatable bonds is 3. The zero-order valence-electron chi connectivity index (χ0n) is 14.7. The van der Waals surface area contributed by atoms with Crippen molar-refractivity contribution >= 4 is 49.0 Å². The number of nitrogens with zero attached hydrogens (tertiary/aromatic N) is 4. The SMILES string of the molecule is O=C(c1ccc2ncsc2c1)N1CCN(Cc2nc3ccccc3s2)CC1. The molecule has 1 aliphatic rings. The van der Waals surface area contributed by atoms with Crippen LogP contribution >= 0.6 is 22.7 Å². The van der Waals surface area contributed by atoms with Gasteiger partial charge in [0, 0.05) is 31.7 Å². The number of hydrogen-bond acceptors (Lipinski definition) is 6. The van der Waals surface area contributed by atoms with Crippen molar-refractivity contribution in [2.24, 2.45) is 0 Å². The Hall–Kier alpha value is -2.35. The minimum Gasteiger partial charge on any atom is -0.336 e. The molecule has 0 radical (unpaired) electrons. The highest BCUT2D eigenvalue weighted by molar-refractivity contribution is 7.18. The number of thiazole rings is 2. The molecule has 5 nitrogen and oxygen atoms in total. The molecule has 0 bridgehead atoms. The normalized spacial score (nSPS) is 15.6. The van der Waals surface area contributed by atoms with Gasteiger partial charge in [0.1, 0.15) is 5.01 Å². The lowest BCUT2D eigenvalue weighted by molar-refractivity contribution is 0.0628. The Morgan fingerprint density at radius 1 is 1.00 bits per heavy atom. The smallest absolute Gasteiger partial charge is 0.253 e. The molecule has 0 aliphatic carbocycles. The predicted octanol–water partition coefficient (Wildman–Crippen LogP) is 3.86. The van der Waals surface area contributed by atoms with Gasteiger partial charge in [-0.3, -0.25) is 9.69 Å². The lowest BCUT2D eigenvalue weighted by Crippen LogP contribution is -2.48. The quantitative estimate of drug-likeness (QED) is 0.529. The van der Waals surface area contributed by atoms with Crippen molar-refractivity contribution < 1.29 is 4.79 Å². The van der Waals surface area contributed by atoms with Crippen LogP contribution in [0.4, 0.5) is 0 Å². The Bertz CT molecular complexity index is 1080. The number of carbonyl (C=O) groups excluding carboxylic acids is 1. The summed E-state index contributed by atoms with van der Waals surface area (Å²) in [4.78, 5) is 26.2. The van der Waals surface area contributed by atoms with Crippen LogP contribution in [0, 0.1) is 0 Å². The Kier molecular flexibility index (Phi) is 4.35. The van der Waals surface area contributed by atoms with Gasteiger partial charge in [-0.15, -0.1) is 22.7 Å². The zero-order chi connectivity index (χ0) is 18.2. The number of amides is 1. The molecule has 5 rings (SSSR count). The van der Waals surface area contributed by atoms with Crippen LogP contribution in [-0.2, 0) is 6.54 Å². The van der Waals surface area contributed by atoms with Gasteiger partial charge in [0.25, 0.3) is 5.91 Å². The van der Waals surface area contributed by atoms with E-state index in [2.05, 4.69) is 28.1 Å². The van der Waals surface area contributed by atoms with Gasteiger partial charge in [0.2, 0.25) is 0 Å². The summed E-state index contributed by atoms with van der Waals surface area (Å²) in [5, 5.41) is 1.15. The minimum atomic E-state index is 0.116. The summed E-state index contributed by atoms with van der Waals surface area (Å²) in [6, 6.07) is 14.0. The number of para-hydroxylation sites is 1. The van der Waals surface area contributed by atoms with Crippen molar-refractivity contribution in [2.45, 2.75) is 6.54 Å². The number of hydrogen-bond donors (Lipinski definition) is 0. The Morgan fingerprint density at radius 2 is 1.85 bits per heavy atom. The standard InChI is InChI=1S/C20H18N4OS2/c25-20(14-5-6-15-18(11-14)26-13-21-15)24-9-7-23(8-10-24)12-19-22-16-3-1-2-4-17(16)27-19/h1-6,11,13H,7-10,12H2. The third-order valence-electron chi connectivity index (χ3n) is 4.93. The van der Waals surface area contributed by atoms with Crippen LogP contribution in [-0.4, -0.2) is 51.9 Å². The maximum Gasteiger partial charge on any atom is 0.253 e. The molecule has 0 unspecified atom stereocenters. The lowest BCUT2D eigenvalue weighted by atomic mass is 10.1. The van der Waals surface area contributed by atoms with E-state index in [0.717, 1.165) is 59.0 Å². The van der Waals surface area contributed by atoms with E-state index in [1.807, 2.05) is 34.7 Å². The van der Waals surface area contributed by atoms with Gasteiger partial charge in [0.15, 0.2) is 0 Å². The molecule has 1 fully saturated rings. The van der Waals surface area contributed by atoms with E-state index in [4.69, 9.17) is 4.98 Å². The molecule has 4 aromatic rings. The van der Waals surface area contributed by atoms with Gasteiger partial charge in [0.05, 0.1) is 32.5 Å². The van der Waals surface area contributed by atoms with Crippen molar-refractivity contribution in [2.75, 3.05) is 26.2 Å². The highest BCUT2D eigenvalue weighted by atomic mass is 32.1. The minimum absolute atomic E-state index is 0.116. The number of benzene rings is 2. The predicted molar refractivity (Wildman–Crippen MR) is 110 cm³/mol. The van der Waals surface area contributed by atoms with Crippen molar-refractivity contribution in [1.82, 2.24) is 19.8 Å².